The topological polar surface area (TPSA) is 48.1 Å². The molecule has 68 valence electrons. The van der Waals surface area contributed by atoms with Crippen LogP contribution in [0.2, 0.25) is 0 Å². The van der Waals surface area contributed by atoms with Gasteiger partial charge in [0, 0.05) is 30.8 Å². The molecule has 0 spiro atoms. The normalized spacial score (nSPS) is 13.2. The molecule has 1 aromatic rings. The average molecular weight is 186 g/mol. The SMILES string of the molecule is COCCC(N)Cc1cncs1. The molecular formula is C8H14N2OS. The van der Waals surface area contributed by atoms with E-state index in [1.165, 1.54) is 4.88 Å². The van der Waals surface area contributed by atoms with Gasteiger partial charge in [0.15, 0.2) is 0 Å². The first-order chi connectivity index (χ1) is 5.83. The predicted octanol–water partition coefficient (Wildman–Crippen LogP) is 1.05. The van der Waals surface area contributed by atoms with E-state index in [0.717, 1.165) is 19.4 Å². The predicted molar refractivity (Wildman–Crippen MR) is 50.3 cm³/mol. The average Bonchev–Trinajstić information content (AvgIpc) is 2.53. The molecule has 0 amide bonds. The number of aromatic nitrogens is 1. The number of ether oxygens (including phenoxy) is 1. The van der Waals surface area contributed by atoms with Crippen LogP contribution in [0.25, 0.3) is 0 Å². The second-order valence-corrected chi connectivity index (χ2v) is 3.68. The molecule has 0 aliphatic heterocycles. The Balaban J connectivity index is 2.22. The van der Waals surface area contributed by atoms with Gasteiger partial charge in [-0.25, -0.2) is 0 Å². The monoisotopic (exact) mass is 186 g/mol. The fourth-order valence-corrected chi connectivity index (χ4v) is 1.66. The summed E-state index contributed by atoms with van der Waals surface area (Å²) < 4.78 is 4.94. The molecule has 0 bridgehead atoms. The Hall–Kier alpha value is -0.450. The Morgan fingerprint density at radius 2 is 2.58 bits per heavy atom. The first-order valence-corrected chi connectivity index (χ1v) is 4.82. The maximum Gasteiger partial charge on any atom is 0.0794 e. The van der Waals surface area contributed by atoms with E-state index in [0.29, 0.717) is 0 Å². The van der Waals surface area contributed by atoms with Gasteiger partial charge in [0.2, 0.25) is 0 Å². The number of rotatable bonds is 5. The van der Waals surface area contributed by atoms with Gasteiger partial charge in [-0.2, -0.15) is 0 Å². The first kappa shape index (κ1) is 9.64. The molecule has 0 fully saturated rings. The molecule has 3 nitrogen and oxygen atoms in total. The van der Waals surface area contributed by atoms with Gasteiger partial charge in [-0.05, 0) is 12.8 Å². The quantitative estimate of drug-likeness (QED) is 0.747. The minimum atomic E-state index is 0.199. The second kappa shape index (κ2) is 5.24. The molecule has 1 heterocycles. The van der Waals surface area contributed by atoms with Crippen molar-refractivity contribution in [2.75, 3.05) is 13.7 Å². The van der Waals surface area contributed by atoms with E-state index in [-0.39, 0.29) is 6.04 Å². The Morgan fingerprint density at radius 1 is 1.75 bits per heavy atom. The van der Waals surface area contributed by atoms with E-state index >= 15 is 0 Å². The minimum absolute atomic E-state index is 0.199. The highest BCUT2D eigenvalue weighted by Gasteiger charge is 2.04. The van der Waals surface area contributed by atoms with Crippen molar-refractivity contribution in [3.05, 3.63) is 16.6 Å². The van der Waals surface area contributed by atoms with Gasteiger partial charge < -0.3 is 10.5 Å². The van der Waals surface area contributed by atoms with Crippen LogP contribution in [0.5, 0.6) is 0 Å². The number of thiazole rings is 1. The zero-order chi connectivity index (χ0) is 8.81. The lowest BCUT2D eigenvalue weighted by molar-refractivity contribution is 0.188. The van der Waals surface area contributed by atoms with Crippen molar-refractivity contribution < 1.29 is 4.74 Å². The molecule has 0 radical (unpaired) electrons. The van der Waals surface area contributed by atoms with E-state index in [9.17, 15) is 0 Å². The van der Waals surface area contributed by atoms with Crippen LogP contribution in [-0.4, -0.2) is 24.7 Å². The molecule has 1 atom stereocenters. The number of hydrogen-bond acceptors (Lipinski definition) is 4. The summed E-state index contributed by atoms with van der Waals surface area (Å²) in [6, 6.07) is 0.199. The Labute approximate surface area is 76.6 Å². The Morgan fingerprint density at radius 3 is 3.17 bits per heavy atom. The van der Waals surface area contributed by atoms with Gasteiger partial charge in [0.1, 0.15) is 0 Å². The molecule has 1 aromatic heterocycles. The van der Waals surface area contributed by atoms with Crippen molar-refractivity contribution in [3.63, 3.8) is 0 Å². The molecular weight excluding hydrogens is 172 g/mol. The van der Waals surface area contributed by atoms with Crippen LogP contribution in [0.1, 0.15) is 11.3 Å². The number of hydrogen-bond donors (Lipinski definition) is 1. The minimum Gasteiger partial charge on any atom is -0.385 e. The smallest absolute Gasteiger partial charge is 0.0794 e. The van der Waals surface area contributed by atoms with Crippen LogP contribution in [-0.2, 0) is 11.2 Å². The van der Waals surface area contributed by atoms with Crippen LogP contribution in [0, 0.1) is 0 Å². The molecule has 2 N–H and O–H groups in total. The van der Waals surface area contributed by atoms with Crippen LogP contribution >= 0.6 is 11.3 Å². The summed E-state index contributed by atoms with van der Waals surface area (Å²) >= 11 is 1.65. The van der Waals surface area contributed by atoms with Crippen LogP contribution in [0.15, 0.2) is 11.7 Å². The van der Waals surface area contributed by atoms with E-state index in [2.05, 4.69) is 4.98 Å². The lowest BCUT2D eigenvalue weighted by Crippen LogP contribution is -2.23. The van der Waals surface area contributed by atoms with Crippen molar-refractivity contribution in [2.24, 2.45) is 5.73 Å². The van der Waals surface area contributed by atoms with Gasteiger partial charge in [-0.15, -0.1) is 11.3 Å². The van der Waals surface area contributed by atoms with Gasteiger partial charge in [-0.3, -0.25) is 4.98 Å². The van der Waals surface area contributed by atoms with Crippen LogP contribution in [0.4, 0.5) is 0 Å². The fraction of sp³-hybridized carbons (Fsp3) is 0.625. The molecule has 12 heavy (non-hydrogen) atoms. The van der Waals surface area contributed by atoms with Gasteiger partial charge in [0.25, 0.3) is 0 Å². The summed E-state index contributed by atoms with van der Waals surface area (Å²) in [6.45, 7) is 0.736. The highest BCUT2D eigenvalue weighted by molar-refractivity contribution is 7.09. The maximum atomic E-state index is 5.85. The van der Waals surface area contributed by atoms with Crippen molar-refractivity contribution >= 4 is 11.3 Å². The molecule has 1 rings (SSSR count). The summed E-state index contributed by atoms with van der Waals surface area (Å²) in [5.74, 6) is 0. The molecule has 0 saturated heterocycles. The summed E-state index contributed by atoms with van der Waals surface area (Å²) in [4.78, 5) is 5.24. The van der Waals surface area contributed by atoms with E-state index in [4.69, 9.17) is 10.5 Å². The Kier molecular flexibility index (Phi) is 4.21. The van der Waals surface area contributed by atoms with E-state index in [1.807, 2.05) is 11.7 Å². The Bertz CT molecular complexity index is 201. The summed E-state index contributed by atoms with van der Waals surface area (Å²) in [5, 5.41) is 0. The van der Waals surface area contributed by atoms with Crippen LogP contribution < -0.4 is 5.73 Å². The third-order valence-corrected chi connectivity index (χ3v) is 2.44. The molecule has 0 saturated carbocycles. The highest BCUT2D eigenvalue weighted by Crippen LogP contribution is 2.08. The van der Waals surface area contributed by atoms with Gasteiger partial charge in [0.05, 0.1) is 5.51 Å². The highest BCUT2D eigenvalue weighted by atomic mass is 32.1. The zero-order valence-corrected chi connectivity index (χ0v) is 8.01. The molecule has 0 aliphatic rings. The third-order valence-electron chi connectivity index (χ3n) is 1.64. The fourth-order valence-electron chi connectivity index (χ4n) is 0.973. The van der Waals surface area contributed by atoms with Gasteiger partial charge in [-0.1, -0.05) is 0 Å². The molecule has 1 unspecified atom stereocenters. The third kappa shape index (κ3) is 3.30. The largest absolute Gasteiger partial charge is 0.385 e. The number of methoxy groups -OCH3 is 1. The van der Waals surface area contributed by atoms with Gasteiger partial charge >= 0.3 is 0 Å². The number of nitrogens with zero attached hydrogens (tertiary/aromatic N) is 1. The maximum absolute atomic E-state index is 5.85. The zero-order valence-electron chi connectivity index (χ0n) is 7.19. The van der Waals surface area contributed by atoms with E-state index in [1.54, 1.807) is 18.4 Å². The van der Waals surface area contributed by atoms with Crippen LogP contribution in [0.3, 0.4) is 0 Å². The standard InChI is InChI=1S/C8H14N2OS/c1-11-3-2-7(9)4-8-5-10-6-12-8/h5-7H,2-4,9H2,1H3. The van der Waals surface area contributed by atoms with Crippen molar-refractivity contribution in [1.29, 1.82) is 0 Å². The van der Waals surface area contributed by atoms with Crippen molar-refractivity contribution in [3.8, 4) is 0 Å². The molecule has 4 heteroatoms. The number of nitrogens with two attached hydrogens (primary N) is 1. The second-order valence-electron chi connectivity index (χ2n) is 2.71. The lowest BCUT2D eigenvalue weighted by atomic mass is 10.1. The summed E-state index contributed by atoms with van der Waals surface area (Å²) in [5.41, 5.74) is 7.68. The lowest BCUT2D eigenvalue weighted by Gasteiger charge is -2.08. The van der Waals surface area contributed by atoms with Crippen molar-refractivity contribution in [2.45, 2.75) is 18.9 Å². The molecule has 0 aliphatic carbocycles. The first-order valence-electron chi connectivity index (χ1n) is 3.95. The molecule has 0 aromatic carbocycles. The van der Waals surface area contributed by atoms with Crippen molar-refractivity contribution in [1.82, 2.24) is 4.98 Å². The summed E-state index contributed by atoms with van der Waals surface area (Å²) in [6.07, 6.45) is 3.69. The van der Waals surface area contributed by atoms with E-state index < -0.39 is 0 Å². The summed E-state index contributed by atoms with van der Waals surface area (Å²) in [7, 11) is 1.69.